The van der Waals surface area contributed by atoms with Crippen molar-refractivity contribution in [3.63, 3.8) is 0 Å². The molecule has 3 rings (SSSR count). The van der Waals surface area contributed by atoms with Crippen LogP contribution in [0, 0.1) is 5.82 Å². The first-order valence-electron chi connectivity index (χ1n) is 6.28. The van der Waals surface area contributed by atoms with Gasteiger partial charge in [-0.05, 0) is 36.4 Å². The van der Waals surface area contributed by atoms with Gasteiger partial charge in [0.2, 0.25) is 5.89 Å². The molecule has 0 bridgehead atoms. The fourth-order valence-corrected chi connectivity index (χ4v) is 1.79. The Labute approximate surface area is 120 Å². The first kappa shape index (κ1) is 13.1. The van der Waals surface area contributed by atoms with E-state index in [-0.39, 0.29) is 12.4 Å². The van der Waals surface area contributed by atoms with E-state index in [2.05, 4.69) is 10.2 Å². The maximum Gasteiger partial charge on any atom is 0.254 e. The van der Waals surface area contributed by atoms with Crippen LogP contribution in [0.5, 0.6) is 5.75 Å². The van der Waals surface area contributed by atoms with E-state index in [1.54, 1.807) is 12.1 Å². The summed E-state index contributed by atoms with van der Waals surface area (Å²) in [5, 5.41) is 7.83. The fraction of sp³-hybridized carbons (Fsp3) is 0.0667. The molecule has 6 heteroatoms. The summed E-state index contributed by atoms with van der Waals surface area (Å²) in [6, 6.07) is 12.9. The average Bonchev–Trinajstić information content (AvgIpc) is 2.96. The molecule has 0 aliphatic heterocycles. The largest absolute Gasteiger partial charge is 0.484 e. The molecule has 2 aromatic carbocycles. The van der Waals surface area contributed by atoms with Gasteiger partial charge in [0, 0.05) is 5.69 Å². The van der Waals surface area contributed by atoms with Crippen LogP contribution < -0.4 is 10.5 Å². The molecule has 1 aromatic heterocycles. The highest BCUT2D eigenvalue weighted by Crippen LogP contribution is 2.24. The van der Waals surface area contributed by atoms with Crippen molar-refractivity contribution in [1.29, 1.82) is 0 Å². The monoisotopic (exact) mass is 285 g/mol. The number of ether oxygens (including phenoxy) is 1. The van der Waals surface area contributed by atoms with Gasteiger partial charge in [-0.1, -0.05) is 12.1 Å². The van der Waals surface area contributed by atoms with E-state index in [0.29, 0.717) is 28.8 Å². The maximum absolute atomic E-state index is 12.8. The van der Waals surface area contributed by atoms with Gasteiger partial charge in [0.25, 0.3) is 5.89 Å². The molecule has 0 radical (unpaired) electrons. The normalized spacial score (nSPS) is 10.5. The van der Waals surface area contributed by atoms with Gasteiger partial charge in [-0.25, -0.2) is 4.39 Å². The molecule has 0 aliphatic carbocycles. The van der Waals surface area contributed by atoms with Crippen molar-refractivity contribution < 1.29 is 13.5 Å². The number of rotatable bonds is 4. The lowest BCUT2D eigenvalue weighted by molar-refractivity contribution is 0.264. The van der Waals surface area contributed by atoms with Crippen LogP contribution in [0.2, 0.25) is 0 Å². The number of nitrogen functional groups attached to an aromatic ring is 1. The lowest BCUT2D eigenvalue weighted by atomic mass is 10.2. The second-order valence-corrected chi connectivity index (χ2v) is 4.33. The minimum absolute atomic E-state index is 0.103. The van der Waals surface area contributed by atoms with Crippen LogP contribution in [0.4, 0.5) is 10.1 Å². The van der Waals surface area contributed by atoms with E-state index in [1.165, 1.54) is 24.3 Å². The van der Waals surface area contributed by atoms with Gasteiger partial charge in [0.15, 0.2) is 6.61 Å². The smallest absolute Gasteiger partial charge is 0.254 e. The van der Waals surface area contributed by atoms with Gasteiger partial charge >= 0.3 is 0 Å². The lowest BCUT2D eigenvalue weighted by Gasteiger charge is -2.02. The van der Waals surface area contributed by atoms with Crippen LogP contribution in [-0.4, -0.2) is 10.2 Å². The zero-order valence-corrected chi connectivity index (χ0v) is 11.0. The van der Waals surface area contributed by atoms with Gasteiger partial charge in [-0.3, -0.25) is 0 Å². The number of aromatic nitrogens is 2. The maximum atomic E-state index is 12.8. The summed E-state index contributed by atoms with van der Waals surface area (Å²) >= 11 is 0. The number of hydrogen-bond acceptors (Lipinski definition) is 5. The van der Waals surface area contributed by atoms with Crippen molar-refractivity contribution >= 4 is 5.69 Å². The minimum Gasteiger partial charge on any atom is -0.484 e. The zero-order valence-electron chi connectivity index (χ0n) is 11.0. The van der Waals surface area contributed by atoms with E-state index >= 15 is 0 Å². The summed E-state index contributed by atoms with van der Waals surface area (Å²) in [4.78, 5) is 0. The second kappa shape index (κ2) is 5.62. The Morgan fingerprint density at radius 3 is 2.57 bits per heavy atom. The third-order valence-electron chi connectivity index (χ3n) is 2.83. The Bertz CT molecular complexity index is 741. The molecule has 3 aromatic rings. The molecule has 0 spiro atoms. The SMILES string of the molecule is Nc1ccccc1-c1nnc(COc2ccc(F)cc2)o1. The van der Waals surface area contributed by atoms with Gasteiger partial charge in [-0.2, -0.15) is 0 Å². The molecule has 1 heterocycles. The van der Waals surface area contributed by atoms with Crippen molar-refractivity contribution in [3.05, 3.63) is 60.2 Å². The summed E-state index contributed by atoms with van der Waals surface area (Å²) < 4.78 is 23.7. The number of anilines is 1. The molecular formula is C15H12FN3O2. The topological polar surface area (TPSA) is 74.2 Å². The number of nitrogens with zero attached hydrogens (tertiary/aromatic N) is 2. The Morgan fingerprint density at radius 2 is 1.81 bits per heavy atom. The Kier molecular flexibility index (Phi) is 3.51. The van der Waals surface area contributed by atoms with Gasteiger partial charge < -0.3 is 14.9 Å². The first-order chi connectivity index (χ1) is 10.2. The molecule has 0 atom stereocenters. The standard InChI is InChI=1S/C15H12FN3O2/c16-10-5-7-11(8-6-10)20-9-14-18-19-15(21-14)12-3-1-2-4-13(12)17/h1-8H,9,17H2. The molecule has 21 heavy (non-hydrogen) atoms. The van der Waals surface area contributed by atoms with Crippen LogP contribution in [0.25, 0.3) is 11.5 Å². The molecule has 106 valence electrons. The zero-order chi connectivity index (χ0) is 14.7. The van der Waals surface area contributed by atoms with Crippen molar-refractivity contribution in [3.8, 4) is 17.2 Å². The van der Waals surface area contributed by atoms with E-state index in [0.717, 1.165) is 0 Å². The number of benzene rings is 2. The van der Waals surface area contributed by atoms with Crippen LogP contribution in [-0.2, 0) is 6.61 Å². The highest BCUT2D eigenvalue weighted by Gasteiger charge is 2.11. The molecule has 2 N–H and O–H groups in total. The third kappa shape index (κ3) is 3.00. The van der Waals surface area contributed by atoms with Gasteiger partial charge in [0.1, 0.15) is 11.6 Å². The molecule has 0 aliphatic rings. The highest BCUT2D eigenvalue weighted by atomic mass is 19.1. The number of halogens is 1. The number of para-hydroxylation sites is 1. The van der Waals surface area contributed by atoms with E-state index in [4.69, 9.17) is 14.9 Å². The predicted octanol–water partition coefficient (Wildman–Crippen LogP) is 3.04. The Hall–Kier alpha value is -2.89. The van der Waals surface area contributed by atoms with E-state index < -0.39 is 0 Å². The summed E-state index contributed by atoms with van der Waals surface area (Å²) in [6.45, 7) is 0.103. The first-order valence-corrected chi connectivity index (χ1v) is 6.28. The predicted molar refractivity (Wildman–Crippen MR) is 74.9 cm³/mol. The fourth-order valence-electron chi connectivity index (χ4n) is 1.79. The highest BCUT2D eigenvalue weighted by molar-refractivity contribution is 5.69. The third-order valence-corrected chi connectivity index (χ3v) is 2.83. The Balaban J connectivity index is 1.71. The van der Waals surface area contributed by atoms with Crippen LogP contribution >= 0.6 is 0 Å². The van der Waals surface area contributed by atoms with Crippen LogP contribution in [0.3, 0.4) is 0 Å². The molecule has 0 saturated heterocycles. The lowest BCUT2D eigenvalue weighted by Crippen LogP contribution is -1.95. The summed E-state index contributed by atoms with van der Waals surface area (Å²) in [5.74, 6) is 0.862. The number of hydrogen-bond donors (Lipinski definition) is 1. The van der Waals surface area contributed by atoms with Crippen LogP contribution in [0.15, 0.2) is 52.9 Å². The second-order valence-electron chi connectivity index (χ2n) is 4.33. The molecule has 0 unspecified atom stereocenters. The molecule has 0 amide bonds. The van der Waals surface area contributed by atoms with Gasteiger partial charge in [-0.15, -0.1) is 10.2 Å². The summed E-state index contributed by atoms with van der Waals surface area (Å²) in [6.07, 6.45) is 0. The molecule has 0 fully saturated rings. The molecule has 0 saturated carbocycles. The van der Waals surface area contributed by atoms with E-state index in [9.17, 15) is 4.39 Å². The van der Waals surface area contributed by atoms with Crippen molar-refractivity contribution in [2.24, 2.45) is 0 Å². The Morgan fingerprint density at radius 1 is 1.05 bits per heavy atom. The van der Waals surface area contributed by atoms with Crippen molar-refractivity contribution in [2.45, 2.75) is 6.61 Å². The average molecular weight is 285 g/mol. The van der Waals surface area contributed by atoms with Crippen molar-refractivity contribution in [1.82, 2.24) is 10.2 Å². The number of nitrogens with two attached hydrogens (primary N) is 1. The van der Waals surface area contributed by atoms with Crippen LogP contribution in [0.1, 0.15) is 5.89 Å². The molecule has 5 nitrogen and oxygen atoms in total. The van der Waals surface area contributed by atoms with Gasteiger partial charge in [0.05, 0.1) is 5.56 Å². The van der Waals surface area contributed by atoms with Crippen molar-refractivity contribution in [2.75, 3.05) is 5.73 Å². The summed E-state index contributed by atoms with van der Waals surface area (Å²) in [7, 11) is 0. The minimum atomic E-state index is -0.318. The molecular weight excluding hydrogens is 273 g/mol. The quantitative estimate of drug-likeness (QED) is 0.746. The summed E-state index contributed by atoms with van der Waals surface area (Å²) in [5.41, 5.74) is 7.09. The van der Waals surface area contributed by atoms with E-state index in [1.807, 2.05) is 12.1 Å².